The number of carbonyl (C=O) groups is 2. The van der Waals surface area contributed by atoms with Crippen molar-refractivity contribution >= 4 is 24.7 Å². The predicted molar refractivity (Wildman–Crippen MR) is 70.8 cm³/mol. The van der Waals surface area contributed by atoms with Crippen molar-refractivity contribution in [2.75, 3.05) is 13.2 Å². The van der Waals surface area contributed by atoms with Crippen LogP contribution in [0.4, 0.5) is 4.79 Å². The fourth-order valence-electron chi connectivity index (χ4n) is 1.80. The largest absolute Gasteiger partial charge is 0.464 e. The fourth-order valence-corrected chi connectivity index (χ4v) is 2.17. The Bertz CT molecular complexity index is 327. The van der Waals surface area contributed by atoms with Gasteiger partial charge < -0.3 is 9.47 Å². The van der Waals surface area contributed by atoms with E-state index in [0.29, 0.717) is 19.6 Å². The van der Waals surface area contributed by atoms with Crippen molar-refractivity contribution in [3.63, 3.8) is 0 Å². The highest BCUT2D eigenvalue weighted by Gasteiger charge is 2.41. The van der Waals surface area contributed by atoms with Crippen molar-refractivity contribution in [1.29, 1.82) is 0 Å². The molecule has 6 heteroatoms. The summed E-state index contributed by atoms with van der Waals surface area (Å²) >= 11 is 4.32. The first-order valence-corrected chi connectivity index (χ1v) is 6.60. The molecule has 2 atom stereocenters. The van der Waals surface area contributed by atoms with Crippen LogP contribution in [0.3, 0.4) is 0 Å². The monoisotopic (exact) mass is 275 g/mol. The van der Waals surface area contributed by atoms with Crippen LogP contribution in [0.25, 0.3) is 0 Å². The number of ether oxygens (including phenoxy) is 2. The molecule has 1 aliphatic rings. The van der Waals surface area contributed by atoms with Gasteiger partial charge in [-0.05, 0) is 34.1 Å². The Hall–Kier alpha value is -0.910. The normalized spacial score (nSPS) is 23.9. The molecule has 0 radical (unpaired) electrons. The van der Waals surface area contributed by atoms with Gasteiger partial charge in [0.2, 0.25) is 0 Å². The first-order valence-electron chi connectivity index (χ1n) is 6.09. The van der Waals surface area contributed by atoms with E-state index in [4.69, 9.17) is 9.47 Å². The van der Waals surface area contributed by atoms with Crippen LogP contribution < -0.4 is 0 Å². The smallest absolute Gasteiger partial charge is 0.411 e. The van der Waals surface area contributed by atoms with Crippen molar-refractivity contribution in [3.8, 4) is 0 Å². The fraction of sp³-hybridized carbons (Fsp3) is 0.833. The van der Waals surface area contributed by atoms with E-state index in [1.54, 1.807) is 27.7 Å². The molecule has 0 spiro atoms. The van der Waals surface area contributed by atoms with Crippen molar-refractivity contribution in [1.82, 2.24) is 4.90 Å². The van der Waals surface area contributed by atoms with Crippen LogP contribution in [-0.2, 0) is 14.3 Å². The van der Waals surface area contributed by atoms with Crippen molar-refractivity contribution in [2.24, 2.45) is 0 Å². The Morgan fingerprint density at radius 2 is 2.00 bits per heavy atom. The van der Waals surface area contributed by atoms with Crippen LogP contribution in [0.15, 0.2) is 0 Å². The summed E-state index contributed by atoms with van der Waals surface area (Å²) in [7, 11) is 0. The third-order valence-electron chi connectivity index (χ3n) is 2.47. The van der Waals surface area contributed by atoms with Crippen LogP contribution in [0.1, 0.15) is 34.1 Å². The van der Waals surface area contributed by atoms with Gasteiger partial charge in [-0.15, -0.1) is 0 Å². The maximum Gasteiger partial charge on any atom is 0.411 e. The maximum atomic E-state index is 12.0. The van der Waals surface area contributed by atoms with E-state index in [2.05, 4.69) is 12.6 Å². The number of amides is 1. The zero-order chi connectivity index (χ0) is 13.9. The third kappa shape index (κ3) is 4.08. The Balaban J connectivity index is 2.72. The second-order valence-corrected chi connectivity index (χ2v) is 6.02. The molecule has 1 fully saturated rings. The molecule has 5 nitrogen and oxygen atoms in total. The molecule has 0 bridgehead atoms. The van der Waals surface area contributed by atoms with Crippen LogP contribution >= 0.6 is 12.6 Å². The lowest BCUT2D eigenvalue weighted by molar-refractivity contribution is -0.148. The van der Waals surface area contributed by atoms with Crippen molar-refractivity contribution in [3.05, 3.63) is 0 Å². The first-order chi connectivity index (χ1) is 8.24. The van der Waals surface area contributed by atoms with Crippen LogP contribution in [0.5, 0.6) is 0 Å². The second kappa shape index (κ2) is 5.82. The number of esters is 1. The Labute approximate surface area is 113 Å². The molecule has 0 aromatic heterocycles. The van der Waals surface area contributed by atoms with Gasteiger partial charge in [0.1, 0.15) is 11.6 Å². The van der Waals surface area contributed by atoms with E-state index >= 15 is 0 Å². The molecule has 1 heterocycles. The summed E-state index contributed by atoms with van der Waals surface area (Å²) < 4.78 is 10.2. The topological polar surface area (TPSA) is 55.8 Å². The molecule has 18 heavy (non-hydrogen) atoms. The Morgan fingerprint density at radius 1 is 1.39 bits per heavy atom. The molecular formula is C12H21NO4S. The van der Waals surface area contributed by atoms with Gasteiger partial charge in [0, 0.05) is 11.8 Å². The molecule has 0 saturated carbocycles. The lowest BCUT2D eigenvalue weighted by Crippen LogP contribution is -2.44. The number of carbonyl (C=O) groups excluding carboxylic acids is 2. The summed E-state index contributed by atoms with van der Waals surface area (Å²) in [6, 6.07) is -0.581. The second-order valence-electron chi connectivity index (χ2n) is 5.29. The number of thiol groups is 1. The molecule has 1 saturated heterocycles. The first kappa shape index (κ1) is 15.1. The summed E-state index contributed by atoms with van der Waals surface area (Å²) in [5, 5.41) is -0.0214. The lowest BCUT2D eigenvalue weighted by Gasteiger charge is -2.27. The van der Waals surface area contributed by atoms with E-state index in [0.717, 1.165) is 0 Å². The highest BCUT2D eigenvalue weighted by molar-refractivity contribution is 7.81. The molecular weight excluding hydrogens is 254 g/mol. The molecule has 0 aromatic rings. The molecule has 0 unspecified atom stereocenters. The van der Waals surface area contributed by atoms with Gasteiger partial charge in [0.05, 0.1) is 6.61 Å². The van der Waals surface area contributed by atoms with Crippen molar-refractivity contribution in [2.45, 2.75) is 51.0 Å². The number of rotatable bonds is 2. The van der Waals surface area contributed by atoms with E-state index in [1.165, 1.54) is 4.90 Å². The quantitative estimate of drug-likeness (QED) is 0.617. The standard InChI is InChI=1S/C12H21NO4S/c1-5-16-10(14)9-6-8(18)7-13(9)11(15)17-12(2,3)4/h8-9,18H,5-7H2,1-4H3/t8-,9+/m0/s1. The summed E-state index contributed by atoms with van der Waals surface area (Å²) in [5.74, 6) is -0.389. The minimum atomic E-state index is -0.581. The average Bonchev–Trinajstić information content (AvgIpc) is 2.58. The predicted octanol–water partition coefficient (Wildman–Crippen LogP) is 1.86. The Kier molecular flexibility index (Phi) is 4.90. The average molecular weight is 275 g/mol. The third-order valence-corrected chi connectivity index (χ3v) is 2.84. The SMILES string of the molecule is CCOC(=O)[C@H]1C[C@H](S)CN1C(=O)OC(C)(C)C. The van der Waals surface area contributed by atoms with Gasteiger partial charge in [0.15, 0.2) is 0 Å². The molecule has 1 amide bonds. The zero-order valence-corrected chi connectivity index (χ0v) is 12.2. The number of hydrogen-bond acceptors (Lipinski definition) is 5. The van der Waals surface area contributed by atoms with Gasteiger partial charge in [-0.1, -0.05) is 0 Å². The van der Waals surface area contributed by atoms with Gasteiger partial charge in [-0.3, -0.25) is 4.90 Å². The van der Waals surface area contributed by atoms with Gasteiger partial charge in [-0.25, -0.2) is 9.59 Å². The molecule has 1 rings (SSSR count). The number of hydrogen-bond donors (Lipinski definition) is 1. The number of nitrogens with zero attached hydrogens (tertiary/aromatic N) is 1. The maximum absolute atomic E-state index is 12.0. The summed E-state index contributed by atoms with van der Waals surface area (Å²) in [6.07, 6.45) is 0.0124. The molecule has 0 aromatic carbocycles. The van der Waals surface area contributed by atoms with Gasteiger partial charge in [-0.2, -0.15) is 12.6 Å². The molecule has 104 valence electrons. The van der Waals surface area contributed by atoms with E-state index < -0.39 is 17.7 Å². The van der Waals surface area contributed by atoms with E-state index in [9.17, 15) is 9.59 Å². The summed E-state index contributed by atoms with van der Waals surface area (Å²) in [6.45, 7) is 7.81. The molecule has 1 aliphatic heterocycles. The minimum absolute atomic E-state index is 0.0214. The molecule has 0 N–H and O–H groups in total. The van der Waals surface area contributed by atoms with Crippen molar-refractivity contribution < 1.29 is 19.1 Å². The van der Waals surface area contributed by atoms with Crippen LogP contribution in [0.2, 0.25) is 0 Å². The van der Waals surface area contributed by atoms with E-state index in [-0.39, 0.29) is 11.2 Å². The zero-order valence-electron chi connectivity index (χ0n) is 11.3. The lowest BCUT2D eigenvalue weighted by atomic mass is 10.2. The minimum Gasteiger partial charge on any atom is -0.464 e. The summed E-state index contributed by atoms with van der Waals surface area (Å²) in [5.41, 5.74) is -0.578. The number of likely N-dealkylation sites (tertiary alicyclic amines) is 1. The molecule has 0 aliphatic carbocycles. The van der Waals surface area contributed by atoms with Crippen LogP contribution in [-0.4, -0.2) is 47.0 Å². The highest BCUT2D eigenvalue weighted by Crippen LogP contribution is 2.25. The Morgan fingerprint density at radius 3 is 2.50 bits per heavy atom. The van der Waals surface area contributed by atoms with E-state index in [1.807, 2.05) is 0 Å². The van der Waals surface area contributed by atoms with Gasteiger partial charge in [0.25, 0.3) is 0 Å². The van der Waals surface area contributed by atoms with Crippen LogP contribution in [0, 0.1) is 0 Å². The highest BCUT2D eigenvalue weighted by atomic mass is 32.1. The summed E-state index contributed by atoms with van der Waals surface area (Å²) in [4.78, 5) is 25.2. The van der Waals surface area contributed by atoms with Gasteiger partial charge >= 0.3 is 12.1 Å².